The number of amides is 1. The molecule has 0 bridgehead atoms. The summed E-state index contributed by atoms with van der Waals surface area (Å²) in [6.45, 7) is 3.40. The van der Waals surface area contributed by atoms with Gasteiger partial charge < -0.3 is 16.0 Å². The molecule has 1 aromatic carbocycles. The van der Waals surface area contributed by atoms with Crippen LogP contribution in [0.4, 0.5) is 24.5 Å². The van der Waals surface area contributed by atoms with Gasteiger partial charge in [-0.05, 0) is 32.0 Å². The van der Waals surface area contributed by atoms with Gasteiger partial charge in [-0.15, -0.1) is 0 Å². The van der Waals surface area contributed by atoms with E-state index in [9.17, 15) is 18.0 Å². The van der Waals surface area contributed by atoms with Crippen LogP contribution in [0.2, 0.25) is 0 Å². The molecule has 112 valence electrons. The first-order valence-electron chi connectivity index (χ1n) is 6.08. The molecule has 1 aromatic rings. The molecule has 1 rings (SSSR count). The number of carbonyl (C=O) groups is 1. The van der Waals surface area contributed by atoms with Crippen LogP contribution in [-0.2, 0) is 11.0 Å². The Bertz CT molecular complexity index is 486. The van der Waals surface area contributed by atoms with Crippen LogP contribution in [0.25, 0.3) is 0 Å². The lowest BCUT2D eigenvalue weighted by molar-refractivity contribution is -0.137. The van der Waals surface area contributed by atoms with Crippen LogP contribution in [0.1, 0.15) is 19.4 Å². The molecular weight excluding hydrogens is 271 g/mol. The first kappa shape index (κ1) is 16.1. The highest BCUT2D eigenvalue weighted by molar-refractivity contribution is 5.82. The molecule has 0 aliphatic heterocycles. The summed E-state index contributed by atoms with van der Waals surface area (Å²) in [4.78, 5) is 12.9. The van der Waals surface area contributed by atoms with Crippen molar-refractivity contribution in [1.29, 1.82) is 0 Å². The highest BCUT2D eigenvalue weighted by Gasteiger charge is 2.34. The maximum atomic E-state index is 13.0. The first-order valence-corrected chi connectivity index (χ1v) is 6.08. The summed E-state index contributed by atoms with van der Waals surface area (Å²) >= 11 is 0. The summed E-state index contributed by atoms with van der Waals surface area (Å²) in [7, 11) is 1.43. The molecule has 0 saturated heterocycles. The number of nitrogens with zero attached hydrogens (tertiary/aromatic N) is 1. The van der Waals surface area contributed by atoms with E-state index < -0.39 is 11.7 Å². The monoisotopic (exact) mass is 289 g/mol. The van der Waals surface area contributed by atoms with Crippen molar-refractivity contribution in [3.63, 3.8) is 0 Å². The number of hydrogen-bond donors (Lipinski definition) is 2. The quantitative estimate of drug-likeness (QED) is 0.836. The molecule has 4 nitrogen and oxygen atoms in total. The Morgan fingerprint density at radius 1 is 1.40 bits per heavy atom. The normalized spacial score (nSPS) is 11.6. The van der Waals surface area contributed by atoms with Crippen LogP contribution in [0.3, 0.4) is 0 Å². The summed E-state index contributed by atoms with van der Waals surface area (Å²) < 4.78 is 38.9. The minimum Gasteiger partial charge on any atom is -0.399 e. The lowest BCUT2D eigenvalue weighted by atomic mass is 10.1. The van der Waals surface area contributed by atoms with Gasteiger partial charge in [0.05, 0.1) is 12.1 Å². The Kier molecular flexibility index (Phi) is 4.86. The van der Waals surface area contributed by atoms with Crippen LogP contribution >= 0.6 is 0 Å². The summed E-state index contributed by atoms with van der Waals surface area (Å²) in [5, 5.41) is 2.63. The SMILES string of the molecule is CC(C)NC(=O)CN(C)c1ccc(N)cc1C(F)(F)F. The zero-order chi connectivity index (χ0) is 15.5. The molecule has 0 spiro atoms. The number of nitrogens with one attached hydrogen (secondary N) is 1. The first-order chi connectivity index (χ1) is 9.11. The zero-order valence-electron chi connectivity index (χ0n) is 11.6. The third-order valence-electron chi connectivity index (χ3n) is 2.57. The molecule has 0 fully saturated rings. The summed E-state index contributed by atoms with van der Waals surface area (Å²) in [5.74, 6) is -0.340. The van der Waals surface area contributed by atoms with Crippen LogP contribution < -0.4 is 16.0 Å². The third-order valence-corrected chi connectivity index (χ3v) is 2.57. The van der Waals surface area contributed by atoms with Crippen molar-refractivity contribution in [2.24, 2.45) is 0 Å². The molecule has 0 atom stereocenters. The smallest absolute Gasteiger partial charge is 0.399 e. The van der Waals surface area contributed by atoms with Gasteiger partial charge in [0.1, 0.15) is 0 Å². The van der Waals surface area contributed by atoms with E-state index in [0.717, 1.165) is 6.07 Å². The van der Waals surface area contributed by atoms with Crippen molar-refractivity contribution in [2.45, 2.75) is 26.1 Å². The zero-order valence-corrected chi connectivity index (χ0v) is 11.6. The van der Waals surface area contributed by atoms with Gasteiger partial charge in [0.15, 0.2) is 0 Å². The Labute approximate surface area is 115 Å². The van der Waals surface area contributed by atoms with E-state index in [-0.39, 0.29) is 29.9 Å². The molecular formula is C13H18F3N3O. The summed E-state index contributed by atoms with van der Waals surface area (Å²) in [6.07, 6.45) is -4.52. The van der Waals surface area contributed by atoms with E-state index in [4.69, 9.17) is 5.73 Å². The van der Waals surface area contributed by atoms with E-state index in [1.165, 1.54) is 24.1 Å². The van der Waals surface area contributed by atoms with E-state index in [1.54, 1.807) is 13.8 Å². The predicted molar refractivity (Wildman–Crippen MR) is 72.4 cm³/mol. The van der Waals surface area contributed by atoms with Gasteiger partial charge in [-0.25, -0.2) is 0 Å². The van der Waals surface area contributed by atoms with Gasteiger partial charge in [0.25, 0.3) is 0 Å². The number of halogens is 3. The molecule has 0 radical (unpaired) electrons. The summed E-state index contributed by atoms with van der Waals surface area (Å²) in [6, 6.07) is 3.44. The lowest BCUT2D eigenvalue weighted by Crippen LogP contribution is -2.39. The molecule has 7 heteroatoms. The predicted octanol–water partition coefficient (Wildman–Crippen LogP) is 2.25. The molecule has 0 aliphatic carbocycles. The number of likely N-dealkylation sites (N-methyl/N-ethyl adjacent to an activating group) is 1. The third kappa shape index (κ3) is 4.32. The average Bonchev–Trinajstić information content (AvgIpc) is 2.25. The number of anilines is 2. The van der Waals surface area contributed by atoms with E-state index in [2.05, 4.69) is 5.32 Å². The van der Waals surface area contributed by atoms with Crippen LogP contribution in [0, 0.1) is 0 Å². The molecule has 0 saturated carbocycles. The highest BCUT2D eigenvalue weighted by Crippen LogP contribution is 2.37. The van der Waals surface area contributed by atoms with Gasteiger partial charge in [0, 0.05) is 24.5 Å². The second-order valence-electron chi connectivity index (χ2n) is 4.85. The Morgan fingerprint density at radius 2 is 2.00 bits per heavy atom. The van der Waals surface area contributed by atoms with Gasteiger partial charge in [-0.3, -0.25) is 4.79 Å². The number of nitrogens with two attached hydrogens (primary N) is 1. The number of benzene rings is 1. The largest absolute Gasteiger partial charge is 0.418 e. The Morgan fingerprint density at radius 3 is 2.50 bits per heavy atom. The van der Waals surface area contributed by atoms with Crippen LogP contribution in [0.5, 0.6) is 0 Å². The standard InChI is InChI=1S/C13H18F3N3O/c1-8(2)18-12(20)7-19(3)11-5-4-9(17)6-10(11)13(14,15)16/h4-6,8H,7,17H2,1-3H3,(H,18,20). The number of alkyl halides is 3. The van der Waals surface area contributed by atoms with E-state index in [1.807, 2.05) is 0 Å². The van der Waals surface area contributed by atoms with Crippen molar-refractivity contribution in [2.75, 3.05) is 24.2 Å². The van der Waals surface area contributed by atoms with E-state index >= 15 is 0 Å². The molecule has 3 N–H and O–H groups in total. The fourth-order valence-corrected chi connectivity index (χ4v) is 1.78. The Hall–Kier alpha value is -1.92. The Balaban J connectivity index is 2.98. The van der Waals surface area contributed by atoms with Gasteiger partial charge in [0.2, 0.25) is 5.91 Å². The summed E-state index contributed by atoms with van der Waals surface area (Å²) in [5.41, 5.74) is 4.49. The van der Waals surface area contributed by atoms with Gasteiger partial charge in [-0.2, -0.15) is 13.2 Å². The molecule has 0 unspecified atom stereocenters. The highest BCUT2D eigenvalue weighted by atomic mass is 19.4. The number of hydrogen-bond acceptors (Lipinski definition) is 3. The average molecular weight is 289 g/mol. The maximum Gasteiger partial charge on any atom is 0.418 e. The number of nitrogen functional groups attached to an aromatic ring is 1. The fourth-order valence-electron chi connectivity index (χ4n) is 1.78. The molecule has 0 heterocycles. The van der Waals surface area contributed by atoms with Crippen molar-refractivity contribution < 1.29 is 18.0 Å². The van der Waals surface area contributed by atoms with E-state index in [0.29, 0.717) is 0 Å². The number of rotatable bonds is 4. The molecule has 1 amide bonds. The van der Waals surface area contributed by atoms with Crippen molar-refractivity contribution >= 4 is 17.3 Å². The molecule has 0 aliphatic rings. The topological polar surface area (TPSA) is 58.4 Å². The maximum absolute atomic E-state index is 13.0. The van der Waals surface area contributed by atoms with Crippen molar-refractivity contribution in [1.82, 2.24) is 5.32 Å². The second kappa shape index (κ2) is 6.02. The van der Waals surface area contributed by atoms with Crippen LogP contribution in [0.15, 0.2) is 18.2 Å². The molecule has 20 heavy (non-hydrogen) atoms. The minimum atomic E-state index is -4.52. The van der Waals surface area contributed by atoms with Crippen molar-refractivity contribution in [3.05, 3.63) is 23.8 Å². The lowest BCUT2D eigenvalue weighted by Gasteiger charge is -2.23. The minimum absolute atomic E-state index is 0.0288. The van der Waals surface area contributed by atoms with Gasteiger partial charge >= 0.3 is 6.18 Å². The number of carbonyl (C=O) groups excluding carboxylic acids is 1. The second-order valence-corrected chi connectivity index (χ2v) is 4.85. The van der Waals surface area contributed by atoms with Gasteiger partial charge in [-0.1, -0.05) is 0 Å². The molecule has 0 aromatic heterocycles. The van der Waals surface area contributed by atoms with Crippen molar-refractivity contribution in [3.8, 4) is 0 Å². The fraction of sp³-hybridized carbons (Fsp3) is 0.462. The van der Waals surface area contributed by atoms with Crippen LogP contribution in [-0.4, -0.2) is 25.5 Å².